The van der Waals surface area contributed by atoms with E-state index in [9.17, 15) is 4.79 Å². The highest BCUT2D eigenvalue weighted by Crippen LogP contribution is 2.19. The summed E-state index contributed by atoms with van der Waals surface area (Å²) in [5.74, 6) is 0.282. The first-order valence-corrected chi connectivity index (χ1v) is 3.39. The molecule has 0 radical (unpaired) electrons. The van der Waals surface area contributed by atoms with Gasteiger partial charge in [-0.1, -0.05) is 0 Å². The minimum Gasteiger partial charge on any atom is -0.357 e. The summed E-state index contributed by atoms with van der Waals surface area (Å²) in [4.78, 5) is 16.1. The number of rotatable bonds is 0. The van der Waals surface area contributed by atoms with Crippen LogP contribution >= 0.6 is 0 Å². The van der Waals surface area contributed by atoms with Gasteiger partial charge >= 0.3 is 6.03 Å². The molecule has 0 aromatic heterocycles. The molecule has 0 spiro atoms. The van der Waals surface area contributed by atoms with Crippen LogP contribution < -0.4 is 5.32 Å². The fraction of sp³-hybridized carbons (Fsp3) is 0.571. The number of hydroxylamine groups is 2. The highest BCUT2D eigenvalue weighted by molar-refractivity contribution is 5.77. The molecule has 11 heavy (non-hydrogen) atoms. The Kier molecular flexibility index (Phi) is 1.55. The molecular formula is C7H12N2O2. The summed E-state index contributed by atoms with van der Waals surface area (Å²) in [6.07, 6.45) is 0. The first-order chi connectivity index (χ1) is 4.91. The Morgan fingerprint density at radius 1 is 1.55 bits per heavy atom. The minimum atomic E-state index is -0.330. The summed E-state index contributed by atoms with van der Waals surface area (Å²) in [6, 6.07) is -0.262. The van der Waals surface area contributed by atoms with Crippen molar-refractivity contribution < 1.29 is 9.63 Å². The third kappa shape index (κ3) is 1.45. The maximum Gasteiger partial charge on any atom is 0.357 e. The van der Waals surface area contributed by atoms with E-state index in [0.29, 0.717) is 0 Å². The van der Waals surface area contributed by atoms with Crippen LogP contribution in [0.25, 0.3) is 0 Å². The second-order valence-corrected chi connectivity index (χ2v) is 3.41. The topological polar surface area (TPSA) is 41.6 Å². The molecule has 0 bridgehead atoms. The second kappa shape index (κ2) is 2.15. The van der Waals surface area contributed by atoms with Crippen LogP contribution in [-0.2, 0) is 4.84 Å². The fourth-order valence-corrected chi connectivity index (χ4v) is 0.786. The predicted octanol–water partition coefficient (Wildman–Crippen LogP) is 1.21. The molecule has 1 aliphatic rings. The number of nitrogens with one attached hydrogen (secondary N) is 1. The van der Waals surface area contributed by atoms with Crippen LogP contribution in [0.5, 0.6) is 0 Å². The zero-order valence-corrected chi connectivity index (χ0v) is 6.97. The van der Waals surface area contributed by atoms with E-state index in [2.05, 4.69) is 11.9 Å². The molecular weight excluding hydrogens is 144 g/mol. The van der Waals surface area contributed by atoms with Crippen molar-refractivity contribution in [1.29, 1.82) is 0 Å². The largest absolute Gasteiger partial charge is 0.357 e. The van der Waals surface area contributed by atoms with Crippen molar-refractivity contribution in [2.24, 2.45) is 0 Å². The molecule has 1 fully saturated rings. The highest BCUT2D eigenvalue weighted by atomic mass is 16.7. The number of urea groups is 1. The third-order valence-corrected chi connectivity index (χ3v) is 1.24. The molecule has 2 amide bonds. The lowest BCUT2D eigenvalue weighted by molar-refractivity contribution is -0.106. The number of hydrogen-bond acceptors (Lipinski definition) is 2. The zero-order chi connectivity index (χ0) is 8.65. The van der Waals surface area contributed by atoms with E-state index in [-0.39, 0.29) is 17.5 Å². The Morgan fingerprint density at radius 3 is 2.27 bits per heavy atom. The van der Waals surface area contributed by atoms with Crippen molar-refractivity contribution in [2.75, 3.05) is 0 Å². The maximum absolute atomic E-state index is 11.1. The summed E-state index contributed by atoms with van der Waals surface area (Å²) >= 11 is 0. The lowest BCUT2D eigenvalue weighted by Crippen LogP contribution is -2.42. The van der Waals surface area contributed by atoms with Gasteiger partial charge in [0.1, 0.15) is 0 Å². The predicted molar refractivity (Wildman–Crippen MR) is 40.3 cm³/mol. The molecule has 62 valence electrons. The lowest BCUT2D eigenvalue weighted by Gasteiger charge is -2.27. The van der Waals surface area contributed by atoms with Gasteiger partial charge in [0.2, 0.25) is 5.88 Å². The molecule has 0 atom stereocenters. The van der Waals surface area contributed by atoms with Crippen molar-refractivity contribution in [3.63, 3.8) is 0 Å². The molecule has 0 aliphatic carbocycles. The van der Waals surface area contributed by atoms with E-state index in [0.717, 1.165) is 0 Å². The van der Waals surface area contributed by atoms with Crippen molar-refractivity contribution in [3.05, 3.63) is 12.5 Å². The third-order valence-electron chi connectivity index (χ3n) is 1.24. The van der Waals surface area contributed by atoms with Crippen LogP contribution in [0.4, 0.5) is 4.79 Å². The molecule has 1 heterocycles. The Balaban J connectivity index is 2.76. The van der Waals surface area contributed by atoms with E-state index in [1.807, 2.05) is 20.8 Å². The molecule has 0 aromatic rings. The van der Waals surface area contributed by atoms with Gasteiger partial charge in [-0.25, -0.2) is 4.79 Å². The molecule has 1 saturated heterocycles. The second-order valence-electron chi connectivity index (χ2n) is 3.41. The Morgan fingerprint density at radius 2 is 2.09 bits per heavy atom. The average Bonchev–Trinajstić information content (AvgIpc) is 2.08. The average molecular weight is 156 g/mol. The number of carbonyl (C=O) groups excluding carboxylic acids is 1. The molecule has 0 unspecified atom stereocenters. The summed E-state index contributed by atoms with van der Waals surface area (Å²) in [5.41, 5.74) is -0.330. The van der Waals surface area contributed by atoms with Gasteiger partial charge in [0, 0.05) is 0 Å². The minimum absolute atomic E-state index is 0.262. The molecule has 1 aliphatic heterocycles. The van der Waals surface area contributed by atoms with Crippen molar-refractivity contribution in [2.45, 2.75) is 26.3 Å². The summed E-state index contributed by atoms with van der Waals surface area (Å²) in [5, 5.41) is 3.70. The van der Waals surface area contributed by atoms with Crippen LogP contribution in [0.15, 0.2) is 12.5 Å². The van der Waals surface area contributed by atoms with Crippen molar-refractivity contribution in [1.82, 2.24) is 10.4 Å². The molecule has 4 heteroatoms. The SMILES string of the molecule is C=C1NC(=O)N(C(C)(C)C)O1. The summed E-state index contributed by atoms with van der Waals surface area (Å²) < 4.78 is 0. The number of carbonyl (C=O) groups is 1. The molecule has 0 aromatic carbocycles. The molecule has 1 rings (SSSR count). The lowest BCUT2D eigenvalue weighted by atomic mass is 10.1. The monoisotopic (exact) mass is 156 g/mol. The van der Waals surface area contributed by atoms with Crippen LogP contribution in [0.1, 0.15) is 20.8 Å². The number of nitrogens with zero attached hydrogens (tertiary/aromatic N) is 1. The van der Waals surface area contributed by atoms with Gasteiger partial charge in [0.15, 0.2) is 0 Å². The quantitative estimate of drug-likeness (QED) is 0.572. The molecule has 0 saturated carbocycles. The van der Waals surface area contributed by atoms with Crippen molar-refractivity contribution >= 4 is 6.03 Å². The van der Waals surface area contributed by atoms with Gasteiger partial charge in [0.05, 0.1) is 5.54 Å². The van der Waals surface area contributed by atoms with E-state index < -0.39 is 0 Å². The summed E-state index contributed by atoms with van der Waals surface area (Å²) in [7, 11) is 0. The fourth-order valence-electron chi connectivity index (χ4n) is 0.786. The van der Waals surface area contributed by atoms with E-state index >= 15 is 0 Å². The van der Waals surface area contributed by atoms with E-state index in [1.165, 1.54) is 5.06 Å². The van der Waals surface area contributed by atoms with Gasteiger partial charge in [0.25, 0.3) is 0 Å². The zero-order valence-electron chi connectivity index (χ0n) is 6.97. The van der Waals surface area contributed by atoms with Gasteiger partial charge < -0.3 is 4.84 Å². The van der Waals surface area contributed by atoms with Crippen LogP contribution in [0.2, 0.25) is 0 Å². The van der Waals surface area contributed by atoms with Crippen molar-refractivity contribution in [3.8, 4) is 0 Å². The normalized spacial score (nSPS) is 18.3. The van der Waals surface area contributed by atoms with E-state index in [4.69, 9.17) is 4.84 Å². The van der Waals surface area contributed by atoms with Crippen LogP contribution in [0, 0.1) is 0 Å². The summed E-state index contributed by atoms with van der Waals surface area (Å²) in [6.45, 7) is 9.11. The molecule has 1 N–H and O–H groups in total. The first-order valence-electron chi connectivity index (χ1n) is 3.39. The standard InChI is InChI=1S/C7H12N2O2/c1-5-8-6(10)9(11-5)7(2,3)4/h1H2,2-4H3,(H,8,10). The van der Waals surface area contributed by atoms with E-state index in [1.54, 1.807) is 0 Å². The number of amides is 2. The Hall–Kier alpha value is -1.19. The molecule has 4 nitrogen and oxygen atoms in total. The highest BCUT2D eigenvalue weighted by Gasteiger charge is 2.34. The first kappa shape index (κ1) is 7.91. The van der Waals surface area contributed by atoms with Gasteiger partial charge in [-0.2, -0.15) is 0 Å². The van der Waals surface area contributed by atoms with Gasteiger partial charge in [-0.05, 0) is 27.4 Å². The smallest absolute Gasteiger partial charge is 0.357 e. The van der Waals surface area contributed by atoms with Gasteiger partial charge in [-0.15, -0.1) is 5.06 Å². The van der Waals surface area contributed by atoms with Gasteiger partial charge in [-0.3, -0.25) is 5.32 Å². The van der Waals surface area contributed by atoms with Crippen LogP contribution in [0.3, 0.4) is 0 Å². The van der Waals surface area contributed by atoms with Crippen LogP contribution in [-0.4, -0.2) is 16.6 Å². The Labute approximate surface area is 65.8 Å². The number of hydrogen-bond donors (Lipinski definition) is 1. The Bertz CT molecular complexity index is 205. The maximum atomic E-state index is 11.1.